The number of halogens is 1. The number of Topliss-reactive ketones (excluding diaryl/α,β-unsaturated/α-hetero) is 1. The minimum atomic E-state index is -0.923. The number of aromatic hydroxyl groups is 1. The van der Waals surface area contributed by atoms with Gasteiger partial charge in [0.05, 0.1) is 23.2 Å². The van der Waals surface area contributed by atoms with Gasteiger partial charge in [-0.1, -0.05) is 35.9 Å². The van der Waals surface area contributed by atoms with Gasteiger partial charge in [0.1, 0.15) is 17.3 Å². The summed E-state index contributed by atoms with van der Waals surface area (Å²) in [6, 6.07) is 15.7. The van der Waals surface area contributed by atoms with Crippen molar-refractivity contribution in [3.63, 3.8) is 0 Å². The van der Waals surface area contributed by atoms with Crippen LogP contribution in [0.4, 0.5) is 5.69 Å². The van der Waals surface area contributed by atoms with Crippen LogP contribution in [0.5, 0.6) is 11.5 Å². The number of phenols is 1. The molecular formula is C27H24ClNO5. The number of anilines is 1. The molecule has 2 N–H and O–H groups in total. The molecule has 1 unspecified atom stereocenters. The molecule has 1 aliphatic rings. The highest BCUT2D eigenvalue weighted by atomic mass is 35.5. The Balaban J connectivity index is 1.98. The molecular weight excluding hydrogens is 454 g/mol. The molecule has 0 bridgehead atoms. The van der Waals surface area contributed by atoms with Crippen molar-refractivity contribution < 1.29 is 24.5 Å². The van der Waals surface area contributed by atoms with Crippen LogP contribution in [-0.4, -0.2) is 28.5 Å². The Hall–Kier alpha value is -3.77. The second-order valence-electron chi connectivity index (χ2n) is 8.13. The normalized spacial score (nSPS) is 17.3. The van der Waals surface area contributed by atoms with Crippen LogP contribution in [0.2, 0.25) is 5.02 Å². The van der Waals surface area contributed by atoms with Crippen molar-refractivity contribution >= 4 is 34.7 Å². The fourth-order valence-electron chi connectivity index (χ4n) is 4.12. The molecule has 3 aromatic carbocycles. The number of ether oxygens (including phenoxy) is 1. The number of benzene rings is 3. The highest BCUT2D eigenvalue weighted by Crippen LogP contribution is 2.44. The van der Waals surface area contributed by atoms with E-state index in [1.54, 1.807) is 30.3 Å². The topological polar surface area (TPSA) is 87.1 Å². The van der Waals surface area contributed by atoms with Gasteiger partial charge in [0, 0.05) is 11.3 Å². The van der Waals surface area contributed by atoms with Gasteiger partial charge in [-0.05, 0) is 73.9 Å². The van der Waals surface area contributed by atoms with Gasteiger partial charge < -0.3 is 14.9 Å². The first-order chi connectivity index (χ1) is 16.2. The third kappa shape index (κ3) is 4.13. The summed E-state index contributed by atoms with van der Waals surface area (Å²) in [5.74, 6) is -1.46. The van der Waals surface area contributed by atoms with Crippen LogP contribution in [-0.2, 0) is 9.59 Å². The van der Waals surface area contributed by atoms with Crippen molar-refractivity contribution in [1.82, 2.24) is 0 Å². The molecule has 1 amide bonds. The third-order valence-corrected chi connectivity index (χ3v) is 6.11. The number of carbonyl (C=O) groups excluding carboxylic acids is 2. The first kappa shape index (κ1) is 23.4. The maximum atomic E-state index is 13.3. The lowest BCUT2D eigenvalue weighted by Gasteiger charge is -2.27. The highest BCUT2D eigenvalue weighted by molar-refractivity contribution is 6.52. The van der Waals surface area contributed by atoms with E-state index in [1.807, 2.05) is 39.0 Å². The van der Waals surface area contributed by atoms with E-state index in [0.29, 0.717) is 23.6 Å². The number of ketones is 1. The zero-order chi connectivity index (χ0) is 24.6. The predicted molar refractivity (Wildman–Crippen MR) is 131 cm³/mol. The largest absolute Gasteiger partial charge is 0.508 e. The zero-order valence-corrected chi connectivity index (χ0v) is 19.8. The number of carbonyl (C=O) groups is 2. The van der Waals surface area contributed by atoms with Gasteiger partial charge in [0.2, 0.25) is 0 Å². The molecule has 34 heavy (non-hydrogen) atoms. The van der Waals surface area contributed by atoms with Crippen LogP contribution in [0, 0.1) is 13.8 Å². The minimum Gasteiger partial charge on any atom is -0.508 e. The quantitative estimate of drug-likeness (QED) is 0.280. The van der Waals surface area contributed by atoms with Crippen LogP contribution in [0.3, 0.4) is 0 Å². The number of phenolic OH excluding ortho intramolecular Hbond substituents is 1. The molecule has 3 aromatic rings. The molecule has 1 aliphatic heterocycles. The van der Waals surface area contributed by atoms with Gasteiger partial charge in [-0.2, -0.15) is 0 Å². The summed E-state index contributed by atoms with van der Waals surface area (Å²) < 4.78 is 5.52. The summed E-state index contributed by atoms with van der Waals surface area (Å²) in [5, 5.41) is 21.4. The number of hydrogen-bond acceptors (Lipinski definition) is 5. The van der Waals surface area contributed by atoms with Gasteiger partial charge >= 0.3 is 0 Å². The first-order valence-electron chi connectivity index (χ1n) is 10.8. The summed E-state index contributed by atoms with van der Waals surface area (Å²) in [6.07, 6.45) is 0. The molecule has 0 spiro atoms. The molecule has 4 rings (SSSR count). The lowest BCUT2D eigenvalue weighted by Crippen LogP contribution is -2.30. The van der Waals surface area contributed by atoms with Crippen LogP contribution in [0.25, 0.3) is 5.76 Å². The highest BCUT2D eigenvalue weighted by Gasteiger charge is 2.47. The molecule has 6 nitrogen and oxygen atoms in total. The average molecular weight is 478 g/mol. The Kier molecular flexibility index (Phi) is 6.35. The fraction of sp³-hybridized carbons (Fsp3) is 0.185. The summed E-state index contributed by atoms with van der Waals surface area (Å²) >= 11 is 6.38. The van der Waals surface area contributed by atoms with Crippen molar-refractivity contribution in [2.45, 2.75) is 26.8 Å². The predicted octanol–water partition coefficient (Wildman–Crippen LogP) is 5.69. The van der Waals surface area contributed by atoms with E-state index in [-0.39, 0.29) is 21.9 Å². The van der Waals surface area contributed by atoms with E-state index < -0.39 is 23.5 Å². The fourth-order valence-corrected chi connectivity index (χ4v) is 4.33. The molecule has 1 saturated heterocycles. The van der Waals surface area contributed by atoms with Crippen molar-refractivity contribution in [2.75, 3.05) is 11.5 Å². The molecule has 7 heteroatoms. The van der Waals surface area contributed by atoms with E-state index in [9.17, 15) is 19.8 Å². The van der Waals surface area contributed by atoms with Crippen molar-refractivity contribution in [3.8, 4) is 11.5 Å². The number of aryl methyl sites for hydroxylation is 2. The van der Waals surface area contributed by atoms with E-state index in [1.165, 1.54) is 17.0 Å². The SMILES string of the molecule is CCOc1ccc(Cl)c(/C(O)=C2\C(=O)C(=O)N(c3cc(C)ccc3C)C2c2ccc(O)cc2)c1. The number of aliphatic hydroxyl groups excluding tert-OH is 1. The zero-order valence-electron chi connectivity index (χ0n) is 19.0. The van der Waals surface area contributed by atoms with Crippen LogP contribution >= 0.6 is 11.6 Å². The summed E-state index contributed by atoms with van der Waals surface area (Å²) in [4.78, 5) is 28.1. The Bertz CT molecular complexity index is 1310. The second-order valence-corrected chi connectivity index (χ2v) is 8.53. The lowest BCUT2D eigenvalue weighted by atomic mass is 9.94. The van der Waals surface area contributed by atoms with E-state index in [0.717, 1.165) is 11.1 Å². The van der Waals surface area contributed by atoms with Crippen molar-refractivity contribution in [3.05, 3.63) is 93.5 Å². The average Bonchev–Trinajstić information content (AvgIpc) is 3.07. The van der Waals surface area contributed by atoms with Gasteiger partial charge in [-0.25, -0.2) is 0 Å². The first-order valence-corrected chi connectivity index (χ1v) is 11.2. The monoisotopic (exact) mass is 477 g/mol. The van der Waals surface area contributed by atoms with E-state index in [4.69, 9.17) is 16.3 Å². The minimum absolute atomic E-state index is 0.0416. The molecule has 1 heterocycles. The molecule has 0 aliphatic carbocycles. The number of amides is 1. The van der Waals surface area contributed by atoms with Gasteiger partial charge in [0.25, 0.3) is 11.7 Å². The Labute approximate surface area is 202 Å². The number of rotatable bonds is 5. The second kappa shape index (κ2) is 9.23. The molecule has 0 radical (unpaired) electrons. The maximum Gasteiger partial charge on any atom is 0.300 e. The summed E-state index contributed by atoms with van der Waals surface area (Å²) in [7, 11) is 0. The Morgan fingerprint density at radius 3 is 2.41 bits per heavy atom. The smallest absolute Gasteiger partial charge is 0.300 e. The van der Waals surface area contributed by atoms with Crippen molar-refractivity contribution in [1.29, 1.82) is 0 Å². The maximum absolute atomic E-state index is 13.3. The standard InChI is InChI=1S/C27H24ClNO5/c1-4-34-19-11-12-21(28)20(14-19)25(31)23-24(17-7-9-18(30)10-8-17)29(27(33)26(23)32)22-13-15(2)5-6-16(22)3/h5-14,24,30-31H,4H2,1-3H3/b25-23+. The Morgan fingerprint density at radius 1 is 1.03 bits per heavy atom. The molecule has 0 aromatic heterocycles. The summed E-state index contributed by atoms with van der Waals surface area (Å²) in [6.45, 7) is 5.99. The number of hydrogen-bond donors (Lipinski definition) is 2. The van der Waals surface area contributed by atoms with Crippen LogP contribution in [0.15, 0.2) is 66.2 Å². The van der Waals surface area contributed by atoms with Crippen molar-refractivity contribution in [2.24, 2.45) is 0 Å². The van der Waals surface area contributed by atoms with Crippen LogP contribution in [0.1, 0.15) is 35.2 Å². The van der Waals surface area contributed by atoms with E-state index in [2.05, 4.69) is 0 Å². The third-order valence-electron chi connectivity index (χ3n) is 5.78. The number of aliphatic hydroxyl groups is 1. The van der Waals surface area contributed by atoms with Crippen LogP contribution < -0.4 is 9.64 Å². The lowest BCUT2D eigenvalue weighted by molar-refractivity contribution is -0.132. The van der Waals surface area contributed by atoms with Gasteiger partial charge in [-0.3, -0.25) is 14.5 Å². The molecule has 1 fully saturated rings. The van der Waals surface area contributed by atoms with Gasteiger partial charge in [-0.15, -0.1) is 0 Å². The number of nitrogens with zero attached hydrogens (tertiary/aromatic N) is 1. The van der Waals surface area contributed by atoms with E-state index >= 15 is 0 Å². The molecule has 1 atom stereocenters. The molecule has 174 valence electrons. The molecule has 0 saturated carbocycles. The van der Waals surface area contributed by atoms with Gasteiger partial charge in [0.15, 0.2) is 0 Å². The summed E-state index contributed by atoms with van der Waals surface area (Å²) in [5.41, 5.74) is 2.93. The Morgan fingerprint density at radius 2 is 1.74 bits per heavy atom.